The molecule has 0 aliphatic carbocycles. The van der Waals surface area contributed by atoms with Gasteiger partial charge < -0.3 is 45.1 Å². The number of amides is 3. The molecule has 1 spiro atoms. The highest BCUT2D eigenvalue weighted by atomic mass is 16.7. The van der Waals surface area contributed by atoms with Crippen molar-refractivity contribution in [3.8, 4) is 11.1 Å². The van der Waals surface area contributed by atoms with Crippen LogP contribution in [0.1, 0.15) is 61.3 Å². The van der Waals surface area contributed by atoms with Gasteiger partial charge in [0.15, 0.2) is 6.29 Å². The van der Waals surface area contributed by atoms with Crippen LogP contribution < -0.4 is 20.9 Å². The van der Waals surface area contributed by atoms with Crippen LogP contribution in [0.3, 0.4) is 0 Å². The minimum Gasteiger partial charge on any atom is -0.465 e. The van der Waals surface area contributed by atoms with Gasteiger partial charge in [-0.15, -0.1) is 0 Å². The molecule has 0 unspecified atom stereocenters. The summed E-state index contributed by atoms with van der Waals surface area (Å²) in [5, 5.41) is 18.1. The van der Waals surface area contributed by atoms with Gasteiger partial charge in [-0.2, -0.15) is 0 Å². The average molecular weight is 762 g/mol. The summed E-state index contributed by atoms with van der Waals surface area (Å²) in [4.78, 5) is 41.7. The molecule has 4 aromatic carbocycles. The maximum atomic E-state index is 13.3. The fraction of sp³-hybridized carbons (Fsp3) is 0.386. The number of piperidine rings is 1. The molecule has 294 valence electrons. The standard InChI is InChI=1S/C44H51N5O7/c1-3-54-39(51)26-46-43(53)45-25-32-8-7-9-36(24-32)33-16-18-35(19-17-33)41-55-38(30(2)40(56-41)34-14-12-31(28-50)13-15-34)27-48-22-20-44(21-23-48)42(52)47-29-49(44)37-10-5-4-6-11-37/h4-19,24,30,38,40-41,50H,3,20-23,25-29H2,1-2H3,(H,47,52)(H2,45,46,53)/t30-,38+,40+,41+/m0/s1. The molecule has 0 aromatic heterocycles. The van der Waals surface area contributed by atoms with Crippen molar-refractivity contribution in [3.63, 3.8) is 0 Å². The van der Waals surface area contributed by atoms with Gasteiger partial charge in [0.2, 0.25) is 5.91 Å². The van der Waals surface area contributed by atoms with Crippen molar-refractivity contribution < 1.29 is 33.7 Å². The van der Waals surface area contributed by atoms with Crippen LogP contribution in [0.15, 0.2) is 103 Å². The van der Waals surface area contributed by atoms with Gasteiger partial charge in [0, 0.05) is 43.3 Å². The van der Waals surface area contributed by atoms with Crippen molar-refractivity contribution >= 4 is 23.6 Å². The number of benzene rings is 4. The summed E-state index contributed by atoms with van der Waals surface area (Å²) in [7, 11) is 0. The third-order valence-corrected chi connectivity index (χ3v) is 11.2. The molecule has 12 nitrogen and oxygen atoms in total. The van der Waals surface area contributed by atoms with E-state index in [0.717, 1.165) is 65.0 Å². The molecule has 4 atom stereocenters. The lowest BCUT2D eigenvalue weighted by atomic mass is 9.84. The van der Waals surface area contributed by atoms with Crippen molar-refractivity contribution in [2.45, 2.75) is 63.9 Å². The van der Waals surface area contributed by atoms with Gasteiger partial charge in [-0.1, -0.05) is 91.9 Å². The molecule has 0 radical (unpaired) electrons. The van der Waals surface area contributed by atoms with Gasteiger partial charge in [0.1, 0.15) is 12.1 Å². The number of carbonyl (C=O) groups excluding carboxylic acids is 3. The van der Waals surface area contributed by atoms with Crippen LogP contribution in [0.2, 0.25) is 0 Å². The fourth-order valence-corrected chi connectivity index (χ4v) is 8.02. The molecule has 4 aromatic rings. The van der Waals surface area contributed by atoms with Crippen LogP contribution in [0.5, 0.6) is 0 Å². The zero-order valence-electron chi connectivity index (χ0n) is 32.0. The molecule has 3 heterocycles. The Bertz CT molecular complexity index is 1950. The van der Waals surface area contributed by atoms with Crippen molar-refractivity contribution in [1.29, 1.82) is 0 Å². The second-order valence-electron chi connectivity index (χ2n) is 14.7. The first-order valence-electron chi connectivity index (χ1n) is 19.5. The number of ether oxygens (including phenoxy) is 3. The summed E-state index contributed by atoms with van der Waals surface area (Å²) >= 11 is 0. The Balaban J connectivity index is 1.04. The van der Waals surface area contributed by atoms with Gasteiger partial charge in [0.25, 0.3) is 0 Å². The summed E-state index contributed by atoms with van der Waals surface area (Å²) in [6.07, 6.45) is 0.452. The number of aliphatic hydroxyl groups excluding tert-OH is 1. The summed E-state index contributed by atoms with van der Waals surface area (Å²) in [5.74, 6) is -0.355. The lowest BCUT2D eigenvalue weighted by Gasteiger charge is -2.46. The van der Waals surface area contributed by atoms with Crippen LogP contribution in [0.4, 0.5) is 10.5 Å². The second kappa shape index (κ2) is 17.7. The van der Waals surface area contributed by atoms with E-state index < -0.39 is 23.8 Å². The summed E-state index contributed by atoms with van der Waals surface area (Å²) in [5.41, 5.74) is 6.18. The number of anilines is 1. The lowest BCUT2D eigenvalue weighted by molar-refractivity contribution is -0.276. The molecule has 56 heavy (non-hydrogen) atoms. The van der Waals surface area contributed by atoms with Crippen molar-refractivity contribution in [3.05, 3.63) is 125 Å². The minimum absolute atomic E-state index is 0.0237. The molecule has 7 rings (SSSR count). The first-order chi connectivity index (χ1) is 27.3. The first kappa shape index (κ1) is 39.0. The normalized spacial score (nSPS) is 22.1. The van der Waals surface area contributed by atoms with Gasteiger partial charge in [-0.05, 0) is 65.8 Å². The Morgan fingerprint density at radius 2 is 1.61 bits per heavy atom. The molecule has 3 fully saturated rings. The average Bonchev–Trinajstić information content (AvgIpc) is 3.55. The molecule has 0 saturated carbocycles. The second-order valence-corrected chi connectivity index (χ2v) is 14.7. The monoisotopic (exact) mass is 761 g/mol. The topological polar surface area (TPSA) is 142 Å². The number of carbonyl (C=O) groups is 3. The smallest absolute Gasteiger partial charge is 0.325 e. The number of aliphatic hydroxyl groups is 1. The van der Waals surface area contributed by atoms with Crippen molar-refractivity contribution in [2.24, 2.45) is 5.92 Å². The quantitative estimate of drug-likeness (QED) is 0.139. The summed E-state index contributed by atoms with van der Waals surface area (Å²) in [6, 6.07) is 33.8. The summed E-state index contributed by atoms with van der Waals surface area (Å²) in [6.45, 7) is 6.99. The number of nitrogens with zero attached hydrogens (tertiary/aromatic N) is 2. The van der Waals surface area contributed by atoms with E-state index in [2.05, 4.69) is 44.8 Å². The summed E-state index contributed by atoms with van der Waals surface area (Å²) < 4.78 is 18.4. The van der Waals surface area contributed by atoms with E-state index in [1.165, 1.54) is 0 Å². The highest BCUT2D eigenvalue weighted by molar-refractivity contribution is 5.93. The van der Waals surface area contributed by atoms with E-state index in [0.29, 0.717) is 19.8 Å². The highest BCUT2D eigenvalue weighted by Gasteiger charge is 2.51. The highest BCUT2D eigenvalue weighted by Crippen LogP contribution is 2.43. The van der Waals surface area contributed by atoms with E-state index in [-0.39, 0.29) is 43.8 Å². The molecule has 3 saturated heterocycles. The van der Waals surface area contributed by atoms with Gasteiger partial charge in [-0.3, -0.25) is 9.59 Å². The van der Waals surface area contributed by atoms with Crippen LogP contribution >= 0.6 is 0 Å². The molecular formula is C44H51N5O7. The molecule has 4 N–H and O–H groups in total. The van der Waals surface area contributed by atoms with Crippen LogP contribution in [0, 0.1) is 5.92 Å². The number of urea groups is 1. The van der Waals surface area contributed by atoms with E-state index in [4.69, 9.17) is 14.2 Å². The number of hydrogen-bond acceptors (Lipinski definition) is 9. The maximum absolute atomic E-state index is 13.3. The van der Waals surface area contributed by atoms with Crippen LogP contribution in [-0.4, -0.2) is 79.0 Å². The predicted octanol–water partition coefficient (Wildman–Crippen LogP) is 5.43. The third-order valence-electron chi connectivity index (χ3n) is 11.2. The zero-order valence-corrected chi connectivity index (χ0v) is 32.0. The van der Waals surface area contributed by atoms with E-state index in [1.54, 1.807) is 6.92 Å². The van der Waals surface area contributed by atoms with Gasteiger partial charge in [0.05, 0.1) is 32.1 Å². The Hall–Kier alpha value is -5.27. The largest absolute Gasteiger partial charge is 0.465 e. The van der Waals surface area contributed by atoms with Gasteiger partial charge in [-0.25, -0.2) is 4.79 Å². The zero-order chi connectivity index (χ0) is 39.1. The molecule has 3 amide bonds. The van der Waals surface area contributed by atoms with Gasteiger partial charge >= 0.3 is 12.0 Å². The van der Waals surface area contributed by atoms with Crippen molar-refractivity contribution in [1.82, 2.24) is 20.9 Å². The van der Waals surface area contributed by atoms with E-state index >= 15 is 0 Å². The first-order valence-corrected chi connectivity index (χ1v) is 19.5. The number of likely N-dealkylation sites (tertiary alicyclic amines) is 1. The number of rotatable bonds is 12. The number of nitrogens with one attached hydrogen (secondary N) is 3. The Labute approximate surface area is 328 Å². The number of para-hydroxylation sites is 1. The molecule has 0 bridgehead atoms. The minimum atomic E-state index is -0.610. The predicted molar refractivity (Wildman–Crippen MR) is 212 cm³/mol. The Morgan fingerprint density at radius 1 is 0.875 bits per heavy atom. The van der Waals surface area contributed by atoms with Crippen LogP contribution in [0.25, 0.3) is 11.1 Å². The number of hydrogen-bond donors (Lipinski definition) is 4. The van der Waals surface area contributed by atoms with Crippen molar-refractivity contribution in [2.75, 3.05) is 44.4 Å². The molecule has 3 aliphatic rings. The number of esters is 1. The maximum Gasteiger partial charge on any atom is 0.325 e. The molecular weight excluding hydrogens is 711 g/mol. The Morgan fingerprint density at radius 3 is 2.32 bits per heavy atom. The Kier molecular flexibility index (Phi) is 12.3. The van der Waals surface area contributed by atoms with Crippen LogP contribution in [-0.2, 0) is 37.0 Å². The van der Waals surface area contributed by atoms with E-state index in [9.17, 15) is 19.5 Å². The SMILES string of the molecule is CCOC(=O)CNC(=O)NCc1cccc(-c2ccc([C@@H]3O[C@H](CN4CCC5(CC4)C(=O)NCN5c4ccccc4)[C@H](C)[C@H](c4ccc(CO)cc4)O3)cc2)c1. The lowest BCUT2D eigenvalue weighted by Crippen LogP contribution is -2.57. The molecule has 3 aliphatic heterocycles. The molecule has 12 heteroatoms. The third kappa shape index (κ3) is 8.74. The fourth-order valence-electron chi connectivity index (χ4n) is 8.02. The van der Waals surface area contributed by atoms with E-state index in [1.807, 2.05) is 91.0 Å².